The van der Waals surface area contributed by atoms with Crippen molar-refractivity contribution in [2.45, 2.75) is 13.8 Å². The van der Waals surface area contributed by atoms with Crippen molar-refractivity contribution in [3.63, 3.8) is 0 Å². The van der Waals surface area contributed by atoms with Gasteiger partial charge in [-0.15, -0.1) is 0 Å². The van der Waals surface area contributed by atoms with E-state index in [-0.39, 0.29) is 20.2 Å². The Balaban J connectivity index is 0.00000484. The van der Waals surface area contributed by atoms with Crippen LogP contribution in [0.5, 0.6) is 5.75 Å². The Labute approximate surface area is 129 Å². The van der Waals surface area contributed by atoms with Crippen LogP contribution in [-0.2, 0) is 19.1 Å². The summed E-state index contributed by atoms with van der Waals surface area (Å²) < 4.78 is 27.9. The molecule has 1 N–H and O–H groups in total. The number of rotatable bonds is 7. The van der Waals surface area contributed by atoms with Crippen molar-refractivity contribution in [1.82, 2.24) is 0 Å². The maximum atomic E-state index is 13.4. The zero-order valence-electron chi connectivity index (χ0n) is 12.6. The summed E-state index contributed by atoms with van der Waals surface area (Å²) in [6.07, 6.45) is 1.12. The molecule has 1 aromatic rings. The van der Waals surface area contributed by atoms with Crippen LogP contribution in [0.1, 0.15) is 15.3 Å². The Morgan fingerprint density at radius 2 is 1.77 bits per heavy atom. The molecule has 0 radical (unpaired) electrons. The molecule has 1 rings (SSSR count). The third-order valence-electron chi connectivity index (χ3n) is 2.48. The van der Waals surface area contributed by atoms with E-state index >= 15 is 0 Å². The predicted octanol–water partition coefficient (Wildman–Crippen LogP) is 2.50. The number of hydrogen-bond acceptors (Lipinski definition) is 6. The molecule has 22 heavy (non-hydrogen) atoms. The number of benzene rings is 1. The summed E-state index contributed by atoms with van der Waals surface area (Å²) in [6, 6.07) is 3.90. The van der Waals surface area contributed by atoms with Crippen molar-refractivity contribution in [2.75, 3.05) is 25.6 Å². The minimum absolute atomic E-state index is 0. The predicted molar refractivity (Wildman–Crippen MR) is 80.0 cm³/mol. The van der Waals surface area contributed by atoms with E-state index < -0.39 is 17.8 Å². The van der Waals surface area contributed by atoms with Gasteiger partial charge in [-0.25, -0.2) is 14.0 Å². The highest BCUT2D eigenvalue weighted by Crippen LogP contribution is 2.20. The van der Waals surface area contributed by atoms with E-state index in [1.165, 1.54) is 25.3 Å². The van der Waals surface area contributed by atoms with E-state index in [1.54, 1.807) is 13.8 Å². The average Bonchev–Trinajstić information content (AvgIpc) is 2.47. The van der Waals surface area contributed by atoms with E-state index in [0.717, 1.165) is 6.20 Å². The Bertz CT molecular complexity index is 557. The van der Waals surface area contributed by atoms with Crippen LogP contribution in [0, 0.1) is 5.82 Å². The van der Waals surface area contributed by atoms with E-state index in [4.69, 9.17) is 14.2 Å². The standard InChI is InChI=1S/C15H18FNO5.H2/c1-4-21-14(18)13(15(19)22-5-2)9-17-11-6-10(16)7-12(8-11)20-3;/h6-9,17H,4-5H2,1-3H3;1H. The molecule has 0 aliphatic carbocycles. The van der Waals surface area contributed by atoms with Crippen LogP contribution < -0.4 is 10.1 Å². The quantitative estimate of drug-likeness (QED) is 0.361. The fraction of sp³-hybridized carbons (Fsp3) is 0.333. The summed E-state index contributed by atoms with van der Waals surface area (Å²) in [5.41, 5.74) is -0.00475. The maximum Gasteiger partial charge on any atom is 0.347 e. The molecule has 0 fully saturated rings. The van der Waals surface area contributed by atoms with Gasteiger partial charge in [0.15, 0.2) is 5.57 Å². The lowest BCUT2D eigenvalue weighted by Gasteiger charge is -2.08. The molecule has 0 aliphatic rings. The van der Waals surface area contributed by atoms with Gasteiger partial charge in [-0.2, -0.15) is 0 Å². The van der Waals surface area contributed by atoms with Gasteiger partial charge in [0.25, 0.3) is 0 Å². The molecule has 0 aromatic heterocycles. The lowest BCUT2D eigenvalue weighted by Crippen LogP contribution is -2.19. The Morgan fingerprint density at radius 3 is 2.27 bits per heavy atom. The molecule has 0 spiro atoms. The third-order valence-corrected chi connectivity index (χ3v) is 2.48. The molecule has 122 valence electrons. The van der Waals surface area contributed by atoms with E-state index in [1.807, 2.05) is 0 Å². The zero-order valence-corrected chi connectivity index (χ0v) is 12.6. The molecule has 0 unspecified atom stereocenters. The van der Waals surface area contributed by atoms with Gasteiger partial charge in [-0.1, -0.05) is 0 Å². The molecule has 0 atom stereocenters. The minimum atomic E-state index is -0.822. The van der Waals surface area contributed by atoms with Crippen molar-refractivity contribution >= 4 is 17.6 Å². The monoisotopic (exact) mass is 313 g/mol. The summed E-state index contributed by atoms with van der Waals surface area (Å²) in [7, 11) is 1.40. The maximum absolute atomic E-state index is 13.4. The zero-order chi connectivity index (χ0) is 16.5. The molecular formula is C15H20FNO5. The largest absolute Gasteiger partial charge is 0.497 e. The fourth-order valence-corrected chi connectivity index (χ4v) is 1.54. The first-order valence-corrected chi connectivity index (χ1v) is 6.67. The van der Waals surface area contributed by atoms with Crippen LogP contribution in [0.3, 0.4) is 0 Å². The highest BCUT2D eigenvalue weighted by atomic mass is 19.1. The second kappa shape index (κ2) is 8.66. The molecule has 0 saturated heterocycles. The van der Waals surface area contributed by atoms with Crippen molar-refractivity contribution in [1.29, 1.82) is 0 Å². The number of carbonyl (C=O) groups is 2. The number of hydrogen-bond donors (Lipinski definition) is 1. The smallest absolute Gasteiger partial charge is 0.347 e. The fourth-order valence-electron chi connectivity index (χ4n) is 1.54. The summed E-state index contributed by atoms with van der Waals surface area (Å²) in [4.78, 5) is 23.5. The number of anilines is 1. The first-order chi connectivity index (χ1) is 10.5. The summed E-state index contributed by atoms with van der Waals surface area (Å²) >= 11 is 0. The van der Waals surface area contributed by atoms with Crippen LogP contribution in [0.25, 0.3) is 0 Å². The molecule has 1 aromatic carbocycles. The van der Waals surface area contributed by atoms with Crippen LogP contribution in [0.2, 0.25) is 0 Å². The van der Waals surface area contributed by atoms with Crippen LogP contribution in [0.15, 0.2) is 30.0 Å². The molecule has 0 saturated carbocycles. The molecule has 0 amide bonds. The lowest BCUT2D eigenvalue weighted by molar-refractivity contribution is -0.146. The van der Waals surface area contributed by atoms with Gasteiger partial charge in [-0.3, -0.25) is 0 Å². The number of halogens is 1. The highest BCUT2D eigenvalue weighted by molar-refractivity contribution is 6.14. The van der Waals surface area contributed by atoms with Gasteiger partial charge in [0.2, 0.25) is 0 Å². The van der Waals surface area contributed by atoms with Crippen LogP contribution in [-0.4, -0.2) is 32.3 Å². The van der Waals surface area contributed by atoms with Gasteiger partial charge >= 0.3 is 11.9 Å². The minimum Gasteiger partial charge on any atom is -0.497 e. The van der Waals surface area contributed by atoms with Crippen molar-refractivity contribution in [3.05, 3.63) is 35.8 Å². The van der Waals surface area contributed by atoms with Crippen molar-refractivity contribution in [3.8, 4) is 5.75 Å². The number of ether oxygens (including phenoxy) is 3. The molecule has 0 bridgehead atoms. The van der Waals surface area contributed by atoms with Crippen LogP contribution in [0.4, 0.5) is 10.1 Å². The lowest BCUT2D eigenvalue weighted by atomic mass is 10.2. The summed E-state index contributed by atoms with van der Waals surface area (Å²) in [5, 5.41) is 2.66. The second-order valence-electron chi connectivity index (χ2n) is 4.02. The molecule has 6 nitrogen and oxygen atoms in total. The summed E-state index contributed by atoms with van der Waals surface area (Å²) in [5.74, 6) is -1.87. The second-order valence-corrected chi connectivity index (χ2v) is 4.02. The number of methoxy groups -OCH3 is 1. The van der Waals surface area contributed by atoms with Gasteiger partial charge in [0, 0.05) is 25.4 Å². The first-order valence-electron chi connectivity index (χ1n) is 6.67. The van der Waals surface area contributed by atoms with Gasteiger partial charge in [0.1, 0.15) is 11.6 Å². The third kappa shape index (κ3) is 5.08. The molecule has 7 heteroatoms. The Hall–Kier alpha value is -2.57. The first kappa shape index (κ1) is 17.5. The number of esters is 2. The normalized spacial score (nSPS) is 9.64. The van der Waals surface area contributed by atoms with E-state index in [0.29, 0.717) is 11.4 Å². The summed E-state index contributed by atoms with van der Waals surface area (Å²) in [6.45, 7) is 3.46. The molecule has 0 heterocycles. The topological polar surface area (TPSA) is 73.9 Å². The Morgan fingerprint density at radius 1 is 1.18 bits per heavy atom. The average molecular weight is 313 g/mol. The van der Waals surface area contributed by atoms with E-state index in [2.05, 4.69) is 5.32 Å². The SMILES string of the molecule is CCOC(=O)C(=CNc1cc(F)cc(OC)c1)C(=O)OCC.[HH]. The Kier molecular flexibility index (Phi) is 6.88. The molecular weight excluding hydrogens is 293 g/mol. The highest BCUT2D eigenvalue weighted by Gasteiger charge is 2.20. The van der Waals surface area contributed by atoms with Gasteiger partial charge < -0.3 is 19.5 Å². The van der Waals surface area contributed by atoms with Crippen molar-refractivity contribution < 1.29 is 29.6 Å². The molecule has 0 aliphatic heterocycles. The van der Waals surface area contributed by atoms with Gasteiger partial charge in [0.05, 0.1) is 20.3 Å². The number of carbonyl (C=O) groups excluding carboxylic acids is 2. The van der Waals surface area contributed by atoms with E-state index in [9.17, 15) is 14.0 Å². The van der Waals surface area contributed by atoms with Crippen molar-refractivity contribution in [2.24, 2.45) is 0 Å². The van der Waals surface area contributed by atoms with Gasteiger partial charge in [-0.05, 0) is 19.9 Å². The number of nitrogens with one attached hydrogen (secondary N) is 1. The van der Waals surface area contributed by atoms with Crippen LogP contribution >= 0.6 is 0 Å².